The minimum atomic E-state index is -10.7. The number of pyridine rings is 6. The summed E-state index contributed by atoms with van der Waals surface area (Å²) in [7, 11) is -18.1. The SMILES string of the molecule is COc1ccc(-c2cc(-c3ccccn3)nc(-c3ccccn3)c2)cc1OC.F[P-](F)(F)(F)(F)F.F[P-](F)(F)(F)(F)F.[Ru+2].c1ccc(-c2cccc(-c3ccccn3)n2)nc1. The molecule has 0 N–H and O–H groups in total. The Morgan fingerprint density at radius 2 is 0.656 bits per heavy atom. The van der Waals surface area contributed by atoms with Crippen molar-refractivity contribution in [2.75, 3.05) is 14.2 Å². The predicted molar refractivity (Wildman–Crippen MR) is 207 cm³/mol. The van der Waals surface area contributed by atoms with Crippen LogP contribution < -0.4 is 9.47 Å². The number of benzene rings is 1. The van der Waals surface area contributed by atoms with E-state index in [1.54, 1.807) is 39.0 Å². The van der Waals surface area contributed by atoms with Crippen LogP contribution in [0.2, 0.25) is 0 Å². The van der Waals surface area contributed by atoms with E-state index in [1.807, 2.05) is 121 Å². The van der Waals surface area contributed by atoms with Crippen LogP contribution in [0, 0.1) is 0 Å². The molecule has 7 aromatic rings. The Morgan fingerprint density at radius 1 is 0.344 bits per heavy atom. The van der Waals surface area contributed by atoms with E-state index in [1.165, 1.54) is 0 Å². The predicted octanol–water partition coefficient (Wildman–Crippen LogP) is 14.9. The average Bonchev–Trinajstić information content (AvgIpc) is 3.19. The van der Waals surface area contributed by atoms with Crippen LogP contribution in [0.5, 0.6) is 11.5 Å². The van der Waals surface area contributed by atoms with Gasteiger partial charge in [-0.3, -0.25) is 19.9 Å². The molecule has 0 aliphatic rings. The fourth-order valence-electron chi connectivity index (χ4n) is 4.75. The van der Waals surface area contributed by atoms with E-state index in [0.29, 0.717) is 11.5 Å². The molecule has 0 amide bonds. The Bertz CT molecular complexity index is 2340. The van der Waals surface area contributed by atoms with Gasteiger partial charge in [0, 0.05) is 24.8 Å². The van der Waals surface area contributed by atoms with E-state index >= 15 is 0 Å². The molecule has 1 aromatic carbocycles. The molecule has 0 atom stereocenters. The Labute approximate surface area is 352 Å². The summed E-state index contributed by atoms with van der Waals surface area (Å²) in [5.41, 5.74) is 8.64. The first-order valence-electron chi connectivity index (χ1n) is 16.6. The van der Waals surface area contributed by atoms with Gasteiger partial charge < -0.3 is 9.47 Å². The van der Waals surface area contributed by atoms with E-state index < -0.39 is 15.6 Å². The van der Waals surface area contributed by atoms with Gasteiger partial charge in [-0.25, -0.2) is 9.97 Å². The zero-order valence-electron chi connectivity index (χ0n) is 31.1. The average molecular weight is 994 g/mol. The summed E-state index contributed by atoms with van der Waals surface area (Å²) in [5, 5.41) is 0. The van der Waals surface area contributed by atoms with Gasteiger partial charge in [0.05, 0.1) is 59.8 Å². The minimum absolute atomic E-state index is 0. The second-order valence-corrected chi connectivity index (χ2v) is 15.7. The molecular formula is C38H30F12N6O2P2Ru. The molecule has 8 nitrogen and oxygen atoms in total. The van der Waals surface area contributed by atoms with Crippen LogP contribution in [0.15, 0.2) is 146 Å². The van der Waals surface area contributed by atoms with Crippen LogP contribution in [-0.2, 0) is 19.5 Å². The van der Waals surface area contributed by atoms with Crippen molar-refractivity contribution in [1.29, 1.82) is 0 Å². The second-order valence-electron chi connectivity index (χ2n) is 11.9. The van der Waals surface area contributed by atoms with Crippen LogP contribution in [0.4, 0.5) is 50.4 Å². The van der Waals surface area contributed by atoms with Crippen molar-refractivity contribution in [1.82, 2.24) is 29.9 Å². The van der Waals surface area contributed by atoms with Gasteiger partial charge in [-0.1, -0.05) is 36.4 Å². The van der Waals surface area contributed by atoms with Crippen molar-refractivity contribution in [3.05, 3.63) is 146 Å². The first-order valence-corrected chi connectivity index (χ1v) is 20.7. The first kappa shape index (κ1) is 49.7. The van der Waals surface area contributed by atoms with Gasteiger partial charge in [0.25, 0.3) is 0 Å². The molecule has 326 valence electrons. The second kappa shape index (κ2) is 18.1. The molecule has 6 heterocycles. The van der Waals surface area contributed by atoms with E-state index in [0.717, 1.165) is 56.7 Å². The minimum Gasteiger partial charge on any atom is -0.255 e. The van der Waals surface area contributed by atoms with Crippen molar-refractivity contribution in [3.63, 3.8) is 0 Å². The summed E-state index contributed by atoms with van der Waals surface area (Å²) in [6.45, 7) is 0. The first-order chi connectivity index (χ1) is 27.6. The van der Waals surface area contributed by atoms with Crippen molar-refractivity contribution < 1.29 is 79.3 Å². The third-order valence-electron chi connectivity index (χ3n) is 7.00. The molecule has 0 aliphatic heterocycles. The molecule has 61 heavy (non-hydrogen) atoms. The summed E-state index contributed by atoms with van der Waals surface area (Å²) in [6, 6.07) is 39.0. The van der Waals surface area contributed by atoms with E-state index in [4.69, 9.17) is 14.5 Å². The number of ether oxygens (including phenoxy) is 2. The van der Waals surface area contributed by atoms with Crippen molar-refractivity contribution in [2.24, 2.45) is 0 Å². The molecule has 6 aromatic heterocycles. The van der Waals surface area contributed by atoms with Crippen LogP contribution in [0.1, 0.15) is 0 Å². The molecule has 23 heteroatoms. The molecule has 0 aliphatic carbocycles. The molecule has 0 fully saturated rings. The monoisotopic (exact) mass is 994 g/mol. The maximum atomic E-state index is 9.87. The van der Waals surface area contributed by atoms with Gasteiger partial charge in [-0.2, -0.15) is 0 Å². The van der Waals surface area contributed by atoms with Gasteiger partial charge in [-0.05, 0) is 96.1 Å². The number of rotatable bonds is 7. The number of hydrogen-bond donors (Lipinski definition) is 0. The van der Waals surface area contributed by atoms with E-state index in [2.05, 4.69) is 24.9 Å². The topological polar surface area (TPSA) is 95.8 Å². The standard InChI is InChI=1S/C23H19N3O2.C15H11N3.2F6P.Ru/c1-27-22-10-9-16(15-23(22)28-2)17-13-20(18-7-3-5-11-24-18)26-21(14-17)19-8-4-6-12-25-19;1-3-10-16-12(6-1)14-8-5-9-15(18-14)13-7-2-4-11-17-13;2*1-7(2,3,4,5)6;/h3-15H,1-2H3;1-11H;;;/q;;2*-1;+2. The maximum absolute atomic E-state index is 10.7. The fourth-order valence-corrected chi connectivity index (χ4v) is 4.75. The largest absolute Gasteiger partial charge is 2.00 e. The van der Waals surface area contributed by atoms with Gasteiger partial charge >= 0.3 is 85.5 Å². The quantitative estimate of drug-likeness (QED) is 0.0885. The summed E-state index contributed by atoms with van der Waals surface area (Å²) in [5.74, 6) is 1.37. The zero-order valence-corrected chi connectivity index (χ0v) is 34.7. The van der Waals surface area contributed by atoms with Crippen LogP contribution >= 0.6 is 15.6 Å². The number of aromatic nitrogens is 6. The normalized spacial score (nSPS) is 13.1. The molecule has 0 bridgehead atoms. The molecule has 0 unspecified atom stereocenters. The van der Waals surface area contributed by atoms with Gasteiger partial charge in [0.1, 0.15) is 0 Å². The van der Waals surface area contributed by atoms with Crippen molar-refractivity contribution in [3.8, 4) is 68.2 Å². The van der Waals surface area contributed by atoms with Crippen LogP contribution in [0.25, 0.3) is 56.7 Å². The van der Waals surface area contributed by atoms with Gasteiger partial charge in [0.2, 0.25) is 0 Å². The Hall–Kier alpha value is -5.64. The Morgan fingerprint density at radius 3 is 0.967 bits per heavy atom. The molecular weight excluding hydrogens is 963 g/mol. The van der Waals surface area contributed by atoms with Gasteiger partial charge in [-0.15, -0.1) is 0 Å². The maximum Gasteiger partial charge on any atom is 2.00 e. The smallest absolute Gasteiger partial charge is 0.255 e. The third-order valence-corrected chi connectivity index (χ3v) is 7.00. The molecule has 0 spiro atoms. The summed E-state index contributed by atoms with van der Waals surface area (Å²) >= 11 is 0. The van der Waals surface area contributed by atoms with Gasteiger partial charge in [0.15, 0.2) is 11.5 Å². The number of methoxy groups -OCH3 is 2. The van der Waals surface area contributed by atoms with Crippen molar-refractivity contribution in [2.45, 2.75) is 0 Å². The number of nitrogens with zero attached hydrogens (tertiary/aromatic N) is 6. The molecule has 0 saturated heterocycles. The Kier molecular flexibility index (Phi) is 14.8. The van der Waals surface area contributed by atoms with E-state index in [9.17, 15) is 50.4 Å². The number of hydrogen-bond acceptors (Lipinski definition) is 8. The molecule has 0 saturated carbocycles. The van der Waals surface area contributed by atoms with Crippen LogP contribution in [0.3, 0.4) is 0 Å². The van der Waals surface area contributed by atoms with E-state index in [-0.39, 0.29) is 19.5 Å². The third kappa shape index (κ3) is 20.5. The fraction of sp³-hybridized carbons (Fsp3) is 0.0526. The van der Waals surface area contributed by atoms with Crippen molar-refractivity contribution >= 4 is 15.6 Å². The summed E-state index contributed by atoms with van der Waals surface area (Å²) < 4.78 is 129. The Balaban J connectivity index is 0.000000256. The van der Waals surface area contributed by atoms with Crippen LogP contribution in [-0.4, -0.2) is 44.1 Å². The number of halogens is 12. The zero-order chi connectivity index (χ0) is 44.4. The molecule has 7 rings (SSSR count). The molecule has 0 radical (unpaired) electrons. The summed E-state index contributed by atoms with van der Waals surface area (Å²) in [4.78, 5) is 26.9. The summed E-state index contributed by atoms with van der Waals surface area (Å²) in [6.07, 6.45) is 7.07.